The SMILES string of the molecule is CC(C)Oc1nccc2c1C(c1ccccc1C(F)(F)F)C(C(=O)O)=C(CN(C)C)N2. The number of likely N-dealkylation sites (N-methyl/N-ethyl adjacent to an activating group) is 1. The fraction of sp³-hybridized carbons (Fsp3) is 0.364. The fourth-order valence-electron chi connectivity index (χ4n) is 3.72. The van der Waals surface area contributed by atoms with Gasteiger partial charge in [-0.25, -0.2) is 9.78 Å². The largest absolute Gasteiger partial charge is 0.478 e. The lowest BCUT2D eigenvalue weighted by atomic mass is 9.79. The summed E-state index contributed by atoms with van der Waals surface area (Å²) in [4.78, 5) is 18.3. The predicted octanol–water partition coefficient (Wildman–Crippen LogP) is 4.35. The molecule has 0 saturated carbocycles. The summed E-state index contributed by atoms with van der Waals surface area (Å²) in [6, 6.07) is 6.64. The van der Waals surface area contributed by atoms with Crippen molar-refractivity contribution in [2.24, 2.45) is 0 Å². The van der Waals surface area contributed by atoms with Crippen LogP contribution in [-0.2, 0) is 11.0 Å². The molecule has 6 nitrogen and oxygen atoms in total. The number of anilines is 1. The molecule has 0 amide bonds. The number of hydrogen-bond acceptors (Lipinski definition) is 5. The smallest absolute Gasteiger partial charge is 0.416 e. The molecular weight excluding hydrogens is 411 g/mol. The number of carboxylic acid groups (broad SMARTS) is 1. The van der Waals surface area contributed by atoms with Gasteiger partial charge in [-0.05, 0) is 45.6 Å². The van der Waals surface area contributed by atoms with E-state index < -0.39 is 23.6 Å². The predicted molar refractivity (Wildman–Crippen MR) is 110 cm³/mol. The van der Waals surface area contributed by atoms with E-state index in [-0.39, 0.29) is 35.2 Å². The second-order valence-corrected chi connectivity index (χ2v) is 7.82. The van der Waals surface area contributed by atoms with Crippen LogP contribution >= 0.6 is 0 Å². The van der Waals surface area contributed by atoms with E-state index in [4.69, 9.17) is 4.74 Å². The molecule has 1 aliphatic heterocycles. The second-order valence-electron chi connectivity index (χ2n) is 7.82. The third kappa shape index (κ3) is 4.66. The number of hydrogen-bond donors (Lipinski definition) is 2. The maximum atomic E-state index is 13.9. The number of alkyl halides is 3. The van der Waals surface area contributed by atoms with Gasteiger partial charge in [0, 0.05) is 29.7 Å². The van der Waals surface area contributed by atoms with Crippen molar-refractivity contribution in [2.75, 3.05) is 26.0 Å². The van der Waals surface area contributed by atoms with E-state index in [1.54, 1.807) is 38.9 Å². The van der Waals surface area contributed by atoms with Crippen molar-refractivity contribution in [1.82, 2.24) is 9.88 Å². The Morgan fingerprint density at radius 3 is 2.52 bits per heavy atom. The third-order valence-corrected chi connectivity index (χ3v) is 4.77. The lowest BCUT2D eigenvalue weighted by Gasteiger charge is -2.33. The molecule has 1 unspecified atom stereocenters. The van der Waals surface area contributed by atoms with E-state index in [2.05, 4.69) is 10.3 Å². The standard InChI is InChI=1S/C22H24F3N3O3/c1-12(2)31-20-18-15(9-10-26-20)27-16(11-28(3)4)19(21(29)30)17(18)13-7-5-6-8-14(13)22(23,24)25/h5-10,12,17,27H,11H2,1-4H3,(H,29,30). The molecule has 1 aromatic carbocycles. The van der Waals surface area contributed by atoms with Crippen LogP contribution in [0.2, 0.25) is 0 Å². The van der Waals surface area contributed by atoms with Gasteiger partial charge in [-0.3, -0.25) is 0 Å². The highest BCUT2D eigenvalue weighted by atomic mass is 19.4. The molecule has 0 radical (unpaired) electrons. The molecule has 1 atom stereocenters. The average molecular weight is 435 g/mol. The van der Waals surface area contributed by atoms with Crippen molar-refractivity contribution in [3.63, 3.8) is 0 Å². The summed E-state index contributed by atoms with van der Waals surface area (Å²) < 4.78 is 47.4. The number of benzene rings is 1. The number of pyridine rings is 1. The first-order chi connectivity index (χ1) is 14.5. The van der Waals surface area contributed by atoms with Crippen molar-refractivity contribution >= 4 is 11.7 Å². The first-order valence-corrected chi connectivity index (χ1v) is 9.70. The van der Waals surface area contributed by atoms with Crippen LogP contribution in [0.5, 0.6) is 5.88 Å². The van der Waals surface area contributed by atoms with Crippen molar-refractivity contribution in [3.8, 4) is 5.88 Å². The summed E-state index contributed by atoms with van der Waals surface area (Å²) in [6.45, 7) is 3.73. The molecule has 31 heavy (non-hydrogen) atoms. The van der Waals surface area contributed by atoms with Gasteiger partial charge in [0.25, 0.3) is 0 Å². The Labute approximate surface area is 178 Å². The van der Waals surface area contributed by atoms with Crippen molar-refractivity contribution in [3.05, 3.63) is 64.5 Å². The van der Waals surface area contributed by atoms with Gasteiger partial charge >= 0.3 is 12.1 Å². The number of aromatic nitrogens is 1. The third-order valence-electron chi connectivity index (χ3n) is 4.77. The quantitative estimate of drug-likeness (QED) is 0.703. The second kappa shape index (κ2) is 8.58. The minimum absolute atomic E-state index is 0.102. The Morgan fingerprint density at radius 1 is 1.26 bits per heavy atom. The molecule has 9 heteroatoms. The first kappa shape index (κ1) is 22.6. The molecule has 1 aromatic heterocycles. The Morgan fingerprint density at radius 2 is 1.94 bits per heavy atom. The highest BCUT2D eigenvalue weighted by molar-refractivity contribution is 5.94. The van der Waals surface area contributed by atoms with E-state index in [0.29, 0.717) is 11.4 Å². The van der Waals surface area contributed by atoms with E-state index in [1.807, 2.05) is 0 Å². The highest BCUT2D eigenvalue weighted by Gasteiger charge is 2.42. The summed E-state index contributed by atoms with van der Waals surface area (Å²) >= 11 is 0. The van der Waals surface area contributed by atoms with Crippen molar-refractivity contribution in [1.29, 1.82) is 0 Å². The molecular formula is C22H24F3N3O3. The van der Waals surface area contributed by atoms with Crippen LogP contribution < -0.4 is 10.1 Å². The van der Waals surface area contributed by atoms with Gasteiger partial charge < -0.3 is 20.1 Å². The monoisotopic (exact) mass is 435 g/mol. The van der Waals surface area contributed by atoms with Crippen molar-refractivity contribution in [2.45, 2.75) is 32.0 Å². The van der Waals surface area contributed by atoms with Gasteiger partial charge in [-0.15, -0.1) is 0 Å². The van der Waals surface area contributed by atoms with Crippen LogP contribution in [0, 0.1) is 0 Å². The number of fused-ring (bicyclic) bond motifs is 1. The van der Waals surface area contributed by atoms with Crippen LogP contribution in [0.1, 0.15) is 36.5 Å². The zero-order chi connectivity index (χ0) is 22.9. The Hall–Kier alpha value is -3.07. The summed E-state index contributed by atoms with van der Waals surface area (Å²) in [5, 5.41) is 13.2. The Kier molecular flexibility index (Phi) is 6.26. The van der Waals surface area contributed by atoms with Crippen molar-refractivity contribution < 1.29 is 27.8 Å². The number of carbonyl (C=O) groups is 1. The fourth-order valence-corrected chi connectivity index (χ4v) is 3.72. The van der Waals surface area contributed by atoms with Gasteiger partial charge in [0.05, 0.1) is 23.2 Å². The van der Waals surface area contributed by atoms with Crippen LogP contribution in [-0.4, -0.2) is 47.7 Å². The number of nitrogens with zero attached hydrogens (tertiary/aromatic N) is 2. The summed E-state index contributed by atoms with van der Waals surface area (Å²) in [5.41, 5.74) is -0.168. The summed E-state index contributed by atoms with van der Waals surface area (Å²) in [7, 11) is 3.50. The Balaban J connectivity index is 2.37. The summed E-state index contributed by atoms with van der Waals surface area (Å²) in [6.07, 6.45) is -3.48. The van der Waals surface area contributed by atoms with Gasteiger partial charge in [0.1, 0.15) is 0 Å². The topological polar surface area (TPSA) is 74.7 Å². The molecule has 2 N–H and O–H groups in total. The molecule has 3 rings (SSSR count). The van der Waals surface area contributed by atoms with E-state index in [0.717, 1.165) is 6.07 Å². The average Bonchev–Trinajstić information content (AvgIpc) is 2.65. The molecule has 2 aromatic rings. The molecule has 166 valence electrons. The molecule has 0 bridgehead atoms. The number of rotatable bonds is 6. The lowest BCUT2D eigenvalue weighted by molar-refractivity contribution is -0.139. The van der Waals surface area contributed by atoms with Gasteiger partial charge in [0.15, 0.2) is 0 Å². The number of halogens is 3. The van der Waals surface area contributed by atoms with E-state index in [9.17, 15) is 23.1 Å². The molecule has 0 fully saturated rings. The van der Waals surface area contributed by atoms with Crippen LogP contribution in [0.3, 0.4) is 0 Å². The summed E-state index contributed by atoms with van der Waals surface area (Å²) in [5.74, 6) is -2.43. The molecule has 0 aliphatic carbocycles. The molecule has 2 heterocycles. The lowest BCUT2D eigenvalue weighted by Crippen LogP contribution is -2.31. The van der Waals surface area contributed by atoms with Crippen LogP contribution in [0.4, 0.5) is 18.9 Å². The number of carboxylic acids is 1. The number of aliphatic carboxylic acids is 1. The minimum Gasteiger partial charge on any atom is -0.478 e. The van der Waals surface area contributed by atoms with E-state index in [1.165, 1.54) is 24.4 Å². The van der Waals surface area contributed by atoms with Gasteiger partial charge in [-0.2, -0.15) is 13.2 Å². The maximum absolute atomic E-state index is 13.9. The van der Waals surface area contributed by atoms with Crippen LogP contribution in [0.15, 0.2) is 47.8 Å². The van der Waals surface area contributed by atoms with Gasteiger partial charge in [-0.1, -0.05) is 18.2 Å². The highest BCUT2D eigenvalue weighted by Crippen LogP contribution is 2.48. The van der Waals surface area contributed by atoms with Gasteiger partial charge in [0.2, 0.25) is 5.88 Å². The molecule has 1 aliphatic rings. The normalized spacial score (nSPS) is 16.4. The maximum Gasteiger partial charge on any atom is 0.416 e. The Bertz CT molecular complexity index is 1020. The molecule has 0 saturated heterocycles. The first-order valence-electron chi connectivity index (χ1n) is 9.70. The number of nitrogens with one attached hydrogen (secondary N) is 1. The minimum atomic E-state index is -4.66. The number of ether oxygens (including phenoxy) is 1. The zero-order valence-corrected chi connectivity index (χ0v) is 17.6. The van der Waals surface area contributed by atoms with E-state index >= 15 is 0 Å². The molecule has 0 spiro atoms. The zero-order valence-electron chi connectivity index (χ0n) is 17.6. The van der Waals surface area contributed by atoms with Crippen LogP contribution in [0.25, 0.3) is 0 Å².